The highest BCUT2D eigenvalue weighted by Crippen LogP contribution is 2.33. The van der Waals surface area contributed by atoms with Crippen molar-refractivity contribution in [1.82, 2.24) is 15.0 Å². The van der Waals surface area contributed by atoms with Crippen LogP contribution in [0.1, 0.15) is 41.6 Å². The van der Waals surface area contributed by atoms with Gasteiger partial charge in [-0.1, -0.05) is 33.2 Å². The SMILES string of the molecule is COc1ccccc1C(=O)N1CCCCC1c1nc(-c2ccc(Br)cc2)no1. The van der Waals surface area contributed by atoms with Gasteiger partial charge >= 0.3 is 0 Å². The second-order valence-electron chi connectivity index (χ2n) is 6.67. The van der Waals surface area contributed by atoms with Gasteiger partial charge in [-0.15, -0.1) is 0 Å². The second-order valence-corrected chi connectivity index (χ2v) is 7.59. The Morgan fingerprint density at radius 2 is 1.96 bits per heavy atom. The van der Waals surface area contributed by atoms with Gasteiger partial charge in [0.15, 0.2) is 0 Å². The zero-order valence-electron chi connectivity index (χ0n) is 15.5. The summed E-state index contributed by atoms with van der Waals surface area (Å²) in [7, 11) is 1.57. The molecular weight excluding hydrogens is 422 g/mol. The van der Waals surface area contributed by atoms with Crippen molar-refractivity contribution in [3.05, 3.63) is 64.5 Å². The Balaban J connectivity index is 1.62. The molecule has 28 heavy (non-hydrogen) atoms. The summed E-state index contributed by atoms with van der Waals surface area (Å²) < 4.78 is 11.9. The third kappa shape index (κ3) is 3.67. The van der Waals surface area contributed by atoms with E-state index in [1.165, 1.54) is 0 Å². The fourth-order valence-corrected chi connectivity index (χ4v) is 3.76. The van der Waals surface area contributed by atoms with Crippen LogP contribution in [0.4, 0.5) is 0 Å². The molecule has 1 fully saturated rings. The lowest BCUT2D eigenvalue weighted by Crippen LogP contribution is -2.38. The smallest absolute Gasteiger partial charge is 0.258 e. The van der Waals surface area contributed by atoms with Gasteiger partial charge in [-0.05, 0) is 55.7 Å². The number of likely N-dealkylation sites (tertiary alicyclic amines) is 1. The maximum atomic E-state index is 13.2. The Labute approximate surface area is 171 Å². The maximum absolute atomic E-state index is 13.2. The van der Waals surface area contributed by atoms with E-state index in [9.17, 15) is 4.79 Å². The van der Waals surface area contributed by atoms with Gasteiger partial charge in [-0.2, -0.15) is 4.98 Å². The van der Waals surface area contributed by atoms with Gasteiger partial charge in [0.1, 0.15) is 11.8 Å². The summed E-state index contributed by atoms with van der Waals surface area (Å²) in [4.78, 5) is 19.6. The fraction of sp³-hybridized carbons (Fsp3) is 0.286. The molecule has 1 aliphatic heterocycles. The molecule has 0 aliphatic carbocycles. The molecule has 0 saturated carbocycles. The highest BCUT2D eigenvalue weighted by Gasteiger charge is 2.33. The van der Waals surface area contributed by atoms with Crippen LogP contribution in [0, 0.1) is 0 Å². The largest absolute Gasteiger partial charge is 0.496 e. The van der Waals surface area contributed by atoms with Crippen molar-refractivity contribution >= 4 is 21.8 Å². The molecule has 2 heterocycles. The van der Waals surface area contributed by atoms with E-state index in [0.29, 0.717) is 29.6 Å². The summed E-state index contributed by atoms with van der Waals surface area (Å²) >= 11 is 3.42. The van der Waals surface area contributed by atoms with Gasteiger partial charge in [0.05, 0.1) is 12.7 Å². The molecule has 3 aromatic rings. The first-order chi connectivity index (χ1) is 13.7. The lowest BCUT2D eigenvalue weighted by Gasteiger charge is -2.33. The van der Waals surface area contributed by atoms with Crippen molar-refractivity contribution in [3.63, 3.8) is 0 Å². The summed E-state index contributed by atoms with van der Waals surface area (Å²) in [5.74, 6) is 1.49. The predicted octanol–water partition coefficient (Wildman–Crippen LogP) is 4.88. The Morgan fingerprint density at radius 1 is 1.18 bits per heavy atom. The lowest BCUT2D eigenvalue weighted by molar-refractivity contribution is 0.0558. The average Bonchev–Trinajstić information content (AvgIpc) is 3.24. The minimum Gasteiger partial charge on any atom is -0.496 e. The van der Waals surface area contributed by atoms with E-state index in [1.54, 1.807) is 19.2 Å². The van der Waals surface area contributed by atoms with Crippen LogP contribution in [-0.4, -0.2) is 34.6 Å². The monoisotopic (exact) mass is 441 g/mol. The fourth-order valence-electron chi connectivity index (χ4n) is 3.49. The molecule has 2 aromatic carbocycles. The van der Waals surface area contributed by atoms with Crippen molar-refractivity contribution in [3.8, 4) is 17.1 Å². The van der Waals surface area contributed by atoms with E-state index in [4.69, 9.17) is 9.26 Å². The first kappa shape index (κ1) is 18.7. The lowest BCUT2D eigenvalue weighted by atomic mass is 10.0. The highest BCUT2D eigenvalue weighted by atomic mass is 79.9. The predicted molar refractivity (Wildman–Crippen MR) is 108 cm³/mol. The summed E-state index contributed by atoms with van der Waals surface area (Å²) in [5, 5.41) is 4.13. The number of hydrogen-bond donors (Lipinski definition) is 0. The van der Waals surface area contributed by atoms with Crippen LogP contribution in [0.25, 0.3) is 11.4 Å². The maximum Gasteiger partial charge on any atom is 0.258 e. The van der Waals surface area contributed by atoms with Crippen molar-refractivity contribution in [2.75, 3.05) is 13.7 Å². The number of carbonyl (C=O) groups is 1. The van der Waals surface area contributed by atoms with Crippen molar-refractivity contribution in [2.24, 2.45) is 0 Å². The van der Waals surface area contributed by atoms with E-state index in [1.807, 2.05) is 41.3 Å². The molecule has 1 aromatic heterocycles. The first-order valence-corrected chi connectivity index (χ1v) is 10.00. The minimum atomic E-state index is -0.233. The normalized spacial score (nSPS) is 16.8. The number of halogens is 1. The van der Waals surface area contributed by atoms with E-state index < -0.39 is 0 Å². The molecule has 1 atom stereocenters. The number of aromatic nitrogens is 2. The van der Waals surface area contributed by atoms with Crippen LogP contribution in [0.3, 0.4) is 0 Å². The topological polar surface area (TPSA) is 68.5 Å². The Bertz CT molecular complexity index is 971. The third-order valence-corrected chi connectivity index (χ3v) is 5.46. The van der Waals surface area contributed by atoms with Crippen LogP contribution < -0.4 is 4.74 Å². The molecular formula is C21H20BrN3O3. The number of benzene rings is 2. The molecule has 4 rings (SSSR count). The van der Waals surface area contributed by atoms with Gasteiger partial charge in [0.25, 0.3) is 5.91 Å². The summed E-state index contributed by atoms with van der Waals surface area (Å²) in [6, 6.07) is 14.8. The number of nitrogens with zero attached hydrogens (tertiary/aromatic N) is 3. The molecule has 0 spiro atoms. The van der Waals surface area contributed by atoms with Crippen LogP contribution in [-0.2, 0) is 0 Å². The molecule has 144 valence electrons. The summed E-state index contributed by atoms with van der Waals surface area (Å²) in [6.45, 7) is 0.650. The quantitative estimate of drug-likeness (QED) is 0.577. The number of rotatable bonds is 4. The van der Waals surface area contributed by atoms with Gasteiger partial charge in [-0.25, -0.2) is 0 Å². The standard InChI is InChI=1S/C21H20BrN3O3/c1-27-18-8-3-2-6-16(18)21(26)25-13-5-4-7-17(25)20-23-19(24-28-20)14-9-11-15(22)12-10-14/h2-3,6,8-12,17H,4-5,7,13H2,1H3. The van der Waals surface area contributed by atoms with Crippen LogP contribution in [0.15, 0.2) is 57.5 Å². The van der Waals surface area contributed by atoms with Gasteiger partial charge in [0.2, 0.25) is 11.7 Å². The van der Waals surface area contributed by atoms with Crippen LogP contribution >= 0.6 is 15.9 Å². The number of methoxy groups -OCH3 is 1. The Morgan fingerprint density at radius 3 is 2.75 bits per heavy atom. The molecule has 0 radical (unpaired) electrons. The number of para-hydroxylation sites is 1. The van der Waals surface area contributed by atoms with E-state index >= 15 is 0 Å². The Kier molecular flexibility index (Phi) is 5.43. The van der Waals surface area contributed by atoms with Gasteiger partial charge in [0, 0.05) is 16.6 Å². The molecule has 1 amide bonds. The van der Waals surface area contributed by atoms with Crippen molar-refractivity contribution < 1.29 is 14.1 Å². The van der Waals surface area contributed by atoms with E-state index in [-0.39, 0.29) is 11.9 Å². The molecule has 0 bridgehead atoms. The number of hydrogen-bond acceptors (Lipinski definition) is 5. The molecule has 1 unspecified atom stereocenters. The molecule has 7 heteroatoms. The van der Waals surface area contributed by atoms with Crippen LogP contribution in [0.2, 0.25) is 0 Å². The number of ether oxygens (including phenoxy) is 1. The number of piperidine rings is 1. The Hall–Kier alpha value is -2.67. The molecule has 6 nitrogen and oxygen atoms in total. The molecule has 1 aliphatic rings. The van der Waals surface area contributed by atoms with E-state index in [2.05, 4.69) is 26.1 Å². The van der Waals surface area contributed by atoms with Crippen LogP contribution in [0.5, 0.6) is 5.75 Å². The number of amides is 1. The zero-order valence-corrected chi connectivity index (χ0v) is 17.1. The summed E-state index contributed by atoms with van der Waals surface area (Å²) in [5.41, 5.74) is 1.42. The number of carbonyl (C=O) groups excluding carboxylic acids is 1. The van der Waals surface area contributed by atoms with Gasteiger partial charge < -0.3 is 14.2 Å². The second kappa shape index (κ2) is 8.14. The third-order valence-electron chi connectivity index (χ3n) is 4.93. The highest BCUT2D eigenvalue weighted by molar-refractivity contribution is 9.10. The molecule has 1 saturated heterocycles. The first-order valence-electron chi connectivity index (χ1n) is 9.21. The average molecular weight is 442 g/mol. The minimum absolute atomic E-state index is 0.0782. The van der Waals surface area contributed by atoms with E-state index in [0.717, 1.165) is 29.3 Å². The van der Waals surface area contributed by atoms with Crippen molar-refractivity contribution in [1.29, 1.82) is 0 Å². The van der Waals surface area contributed by atoms with Gasteiger partial charge in [-0.3, -0.25) is 4.79 Å². The molecule has 0 N–H and O–H groups in total. The van der Waals surface area contributed by atoms with Crippen molar-refractivity contribution in [2.45, 2.75) is 25.3 Å². The summed E-state index contributed by atoms with van der Waals surface area (Å²) in [6.07, 6.45) is 2.75. The zero-order chi connectivity index (χ0) is 19.5.